The first-order valence-electron chi connectivity index (χ1n) is 5.74. The van der Waals surface area contributed by atoms with Crippen molar-refractivity contribution in [1.29, 1.82) is 0 Å². The number of anilines is 1. The molecular weight excluding hydrogens is 206 g/mol. The molecule has 84 valence electrons. The molecule has 0 heterocycles. The lowest BCUT2D eigenvalue weighted by Crippen LogP contribution is -2.01. The maximum atomic E-state index is 6.11. The molecule has 0 radical (unpaired) electrons. The molecule has 1 nitrogen and oxygen atoms in total. The van der Waals surface area contributed by atoms with Gasteiger partial charge in [0.1, 0.15) is 0 Å². The van der Waals surface area contributed by atoms with Gasteiger partial charge in [-0.3, -0.25) is 0 Å². The van der Waals surface area contributed by atoms with Gasteiger partial charge in [-0.2, -0.15) is 0 Å². The number of hydrogen-bond acceptors (Lipinski definition) is 1. The molecule has 0 bridgehead atoms. The molecule has 1 rings (SSSR count). The van der Waals surface area contributed by atoms with Crippen molar-refractivity contribution in [3.05, 3.63) is 28.8 Å². The quantitative estimate of drug-likeness (QED) is 0.696. The number of halogens is 1. The van der Waals surface area contributed by atoms with Gasteiger partial charge >= 0.3 is 0 Å². The number of unbranched alkanes of at least 4 members (excludes halogenated alkanes) is 3. The molecular formula is C13H20ClN. The van der Waals surface area contributed by atoms with E-state index in [9.17, 15) is 0 Å². The van der Waals surface area contributed by atoms with Crippen LogP contribution < -0.4 is 5.32 Å². The largest absolute Gasteiger partial charge is 0.384 e. The minimum Gasteiger partial charge on any atom is -0.384 e. The van der Waals surface area contributed by atoms with Crippen LogP contribution in [0.25, 0.3) is 0 Å². The molecule has 2 heteroatoms. The molecule has 0 atom stereocenters. The molecule has 0 aliphatic heterocycles. The van der Waals surface area contributed by atoms with Crippen molar-refractivity contribution in [3.8, 4) is 0 Å². The SMILES string of the molecule is CCCCCCNc1ccc(C)cc1Cl. The molecule has 15 heavy (non-hydrogen) atoms. The topological polar surface area (TPSA) is 12.0 Å². The molecule has 0 saturated heterocycles. The fourth-order valence-electron chi connectivity index (χ4n) is 1.54. The van der Waals surface area contributed by atoms with Crippen LogP contribution in [0.1, 0.15) is 38.2 Å². The molecule has 0 fully saturated rings. The number of aryl methyl sites for hydroxylation is 1. The van der Waals surface area contributed by atoms with Gasteiger partial charge in [0.15, 0.2) is 0 Å². The molecule has 1 aromatic rings. The summed E-state index contributed by atoms with van der Waals surface area (Å²) in [6.45, 7) is 5.30. The van der Waals surface area contributed by atoms with E-state index in [-0.39, 0.29) is 0 Å². The van der Waals surface area contributed by atoms with E-state index < -0.39 is 0 Å². The highest BCUT2D eigenvalue weighted by molar-refractivity contribution is 6.33. The summed E-state index contributed by atoms with van der Waals surface area (Å²) < 4.78 is 0. The molecule has 1 N–H and O–H groups in total. The standard InChI is InChI=1S/C13H20ClN/c1-3-4-5-6-9-15-13-8-7-11(2)10-12(13)14/h7-8,10,15H,3-6,9H2,1-2H3. The monoisotopic (exact) mass is 225 g/mol. The number of hydrogen-bond donors (Lipinski definition) is 1. The van der Waals surface area contributed by atoms with Crippen LogP contribution in [0, 0.1) is 6.92 Å². The van der Waals surface area contributed by atoms with Gasteiger partial charge in [-0.1, -0.05) is 43.9 Å². The van der Waals surface area contributed by atoms with E-state index >= 15 is 0 Å². The summed E-state index contributed by atoms with van der Waals surface area (Å²) in [6, 6.07) is 6.13. The molecule has 0 aliphatic rings. The third kappa shape index (κ3) is 4.57. The Bertz CT molecular complexity index is 297. The second-order valence-electron chi connectivity index (χ2n) is 3.97. The smallest absolute Gasteiger partial charge is 0.0640 e. The highest BCUT2D eigenvalue weighted by atomic mass is 35.5. The zero-order chi connectivity index (χ0) is 11.1. The molecule has 0 saturated carbocycles. The van der Waals surface area contributed by atoms with Gasteiger partial charge in [-0.15, -0.1) is 0 Å². The average Bonchev–Trinajstić information content (AvgIpc) is 2.20. The van der Waals surface area contributed by atoms with Crippen molar-refractivity contribution in [2.24, 2.45) is 0 Å². The predicted octanol–water partition coefficient (Wildman–Crippen LogP) is 4.64. The van der Waals surface area contributed by atoms with Crippen LogP contribution in [0.4, 0.5) is 5.69 Å². The number of benzene rings is 1. The summed E-state index contributed by atoms with van der Waals surface area (Å²) in [5.41, 5.74) is 2.26. The Hall–Kier alpha value is -0.690. The maximum absolute atomic E-state index is 6.11. The van der Waals surface area contributed by atoms with Gasteiger partial charge in [0, 0.05) is 6.54 Å². The lowest BCUT2D eigenvalue weighted by molar-refractivity contribution is 0.685. The number of rotatable bonds is 6. The zero-order valence-corrected chi connectivity index (χ0v) is 10.4. The Morgan fingerprint density at radius 1 is 1.20 bits per heavy atom. The van der Waals surface area contributed by atoms with Crippen molar-refractivity contribution >= 4 is 17.3 Å². The molecule has 0 spiro atoms. The van der Waals surface area contributed by atoms with E-state index in [1.807, 2.05) is 6.07 Å². The maximum Gasteiger partial charge on any atom is 0.0640 e. The van der Waals surface area contributed by atoms with E-state index in [0.29, 0.717) is 0 Å². The van der Waals surface area contributed by atoms with E-state index in [1.165, 1.54) is 31.2 Å². The summed E-state index contributed by atoms with van der Waals surface area (Å²) in [7, 11) is 0. The van der Waals surface area contributed by atoms with Gasteiger partial charge in [-0.25, -0.2) is 0 Å². The van der Waals surface area contributed by atoms with Crippen LogP contribution in [-0.2, 0) is 0 Å². The van der Waals surface area contributed by atoms with Crippen LogP contribution in [-0.4, -0.2) is 6.54 Å². The first-order chi connectivity index (χ1) is 7.24. The zero-order valence-electron chi connectivity index (χ0n) is 9.65. The summed E-state index contributed by atoms with van der Waals surface area (Å²) in [5, 5.41) is 4.19. The van der Waals surface area contributed by atoms with Crippen LogP contribution >= 0.6 is 11.6 Å². The van der Waals surface area contributed by atoms with Crippen molar-refractivity contribution in [3.63, 3.8) is 0 Å². The highest BCUT2D eigenvalue weighted by Gasteiger charge is 1.98. The summed E-state index contributed by atoms with van der Waals surface area (Å²) >= 11 is 6.11. The van der Waals surface area contributed by atoms with Crippen molar-refractivity contribution in [2.45, 2.75) is 39.5 Å². The van der Waals surface area contributed by atoms with Gasteiger partial charge in [-0.05, 0) is 31.0 Å². The molecule has 0 amide bonds. The summed E-state index contributed by atoms with van der Waals surface area (Å²) in [5.74, 6) is 0. The van der Waals surface area contributed by atoms with Crippen LogP contribution in [0.2, 0.25) is 5.02 Å². The Morgan fingerprint density at radius 2 is 2.00 bits per heavy atom. The first-order valence-corrected chi connectivity index (χ1v) is 6.12. The van der Waals surface area contributed by atoms with Crippen molar-refractivity contribution < 1.29 is 0 Å². The van der Waals surface area contributed by atoms with E-state index in [4.69, 9.17) is 11.6 Å². The third-order valence-corrected chi connectivity index (χ3v) is 2.78. The van der Waals surface area contributed by atoms with Gasteiger partial charge in [0.25, 0.3) is 0 Å². The van der Waals surface area contributed by atoms with Gasteiger partial charge < -0.3 is 5.32 Å². The van der Waals surface area contributed by atoms with E-state index in [1.54, 1.807) is 0 Å². The second-order valence-corrected chi connectivity index (χ2v) is 4.38. The minimum absolute atomic E-state index is 0.825. The molecule has 0 unspecified atom stereocenters. The molecule has 0 aromatic heterocycles. The van der Waals surface area contributed by atoms with Crippen LogP contribution in [0.5, 0.6) is 0 Å². The fourth-order valence-corrected chi connectivity index (χ4v) is 1.84. The first kappa shape index (κ1) is 12.4. The van der Waals surface area contributed by atoms with Crippen molar-refractivity contribution in [1.82, 2.24) is 0 Å². The summed E-state index contributed by atoms with van der Waals surface area (Å²) in [4.78, 5) is 0. The number of nitrogens with one attached hydrogen (secondary N) is 1. The Kier molecular flexibility index (Phi) is 5.56. The normalized spacial score (nSPS) is 10.3. The minimum atomic E-state index is 0.825. The van der Waals surface area contributed by atoms with E-state index in [2.05, 4.69) is 31.3 Å². The van der Waals surface area contributed by atoms with E-state index in [0.717, 1.165) is 17.3 Å². The lowest BCUT2D eigenvalue weighted by Gasteiger charge is -2.08. The fraction of sp³-hybridized carbons (Fsp3) is 0.538. The predicted molar refractivity (Wildman–Crippen MR) is 68.8 cm³/mol. The molecule has 1 aromatic carbocycles. The Labute approximate surface area is 97.8 Å². The Balaban J connectivity index is 2.31. The van der Waals surface area contributed by atoms with Crippen LogP contribution in [0.3, 0.4) is 0 Å². The highest BCUT2D eigenvalue weighted by Crippen LogP contribution is 2.22. The third-order valence-electron chi connectivity index (χ3n) is 2.47. The van der Waals surface area contributed by atoms with Crippen molar-refractivity contribution in [2.75, 3.05) is 11.9 Å². The van der Waals surface area contributed by atoms with Gasteiger partial charge in [0.2, 0.25) is 0 Å². The Morgan fingerprint density at radius 3 is 2.67 bits per heavy atom. The summed E-state index contributed by atoms with van der Waals surface area (Å²) in [6.07, 6.45) is 5.12. The average molecular weight is 226 g/mol. The molecule has 0 aliphatic carbocycles. The van der Waals surface area contributed by atoms with Crippen LogP contribution in [0.15, 0.2) is 18.2 Å². The lowest BCUT2D eigenvalue weighted by atomic mass is 10.2. The van der Waals surface area contributed by atoms with Gasteiger partial charge in [0.05, 0.1) is 10.7 Å². The second kappa shape index (κ2) is 6.73.